The third kappa shape index (κ3) is 6.07. The van der Waals surface area contributed by atoms with Gasteiger partial charge in [-0.3, -0.25) is 9.10 Å². The highest BCUT2D eigenvalue weighted by Gasteiger charge is 2.20. The second-order valence-electron chi connectivity index (χ2n) is 7.32. The summed E-state index contributed by atoms with van der Waals surface area (Å²) in [5.41, 5.74) is 3.94. The van der Waals surface area contributed by atoms with Crippen LogP contribution in [0.1, 0.15) is 27.0 Å². The van der Waals surface area contributed by atoms with Crippen molar-refractivity contribution in [3.05, 3.63) is 64.7 Å². The fourth-order valence-corrected chi connectivity index (χ4v) is 3.73. The van der Waals surface area contributed by atoms with Crippen LogP contribution in [0.25, 0.3) is 0 Å². The maximum atomic E-state index is 12.4. The number of amides is 1. The Kier molecular flexibility index (Phi) is 7.21. The Morgan fingerprint density at radius 2 is 1.68 bits per heavy atom. The molecule has 0 heterocycles. The first-order valence-corrected chi connectivity index (χ1v) is 11.0. The number of anilines is 1. The summed E-state index contributed by atoms with van der Waals surface area (Å²) in [6.45, 7) is 5.39. The van der Waals surface area contributed by atoms with Crippen molar-refractivity contribution in [2.24, 2.45) is 0 Å². The summed E-state index contributed by atoms with van der Waals surface area (Å²) in [7, 11) is 0.445. The Hall–Kier alpha value is -2.38. The molecule has 0 radical (unpaired) electrons. The van der Waals surface area contributed by atoms with E-state index in [1.807, 2.05) is 51.0 Å². The van der Waals surface area contributed by atoms with E-state index in [1.54, 1.807) is 24.3 Å². The van der Waals surface area contributed by atoms with Crippen molar-refractivity contribution >= 4 is 21.6 Å². The number of sulfonamides is 1. The van der Waals surface area contributed by atoms with E-state index < -0.39 is 10.0 Å². The van der Waals surface area contributed by atoms with Crippen LogP contribution in [0.4, 0.5) is 5.69 Å². The average molecular weight is 404 g/mol. The summed E-state index contributed by atoms with van der Waals surface area (Å²) in [5, 5.41) is 2.87. The van der Waals surface area contributed by atoms with Crippen molar-refractivity contribution in [1.29, 1.82) is 0 Å². The Balaban J connectivity index is 2.18. The normalized spacial score (nSPS) is 11.5. The quantitative estimate of drug-likeness (QED) is 0.735. The predicted octanol–water partition coefficient (Wildman–Crippen LogP) is 2.56. The van der Waals surface area contributed by atoms with Crippen LogP contribution in [0.15, 0.2) is 42.5 Å². The van der Waals surface area contributed by atoms with Gasteiger partial charge in [-0.25, -0.2) is 8.42 Å². The standard InChI is InChI=1S/C21H29N3O3S/c1-16-6-7-17(2)20(14-16)24(28(5,26)27)15-18-8-10-19(11-9-18)21(25)22-12-13-23(3)4/h6-11,14H,12-13,15H2,1-5H3,(H,22,25). The zero-order valence-electron chi connectivity index (χ0n) is 17.2. The molecule has 1 amide bonds. The highest BCUT2D eigenvalue weighted by molar-refractivity contribution is 7.92. The number of rotatable bonds is 8. The molecule has 6 nitrogen and oxygen atoms in total. The number of carbonyl (C=O) groups excluding carboxylic acids is 1. The molecule has 28 heavy (non-hydrogen) atoms. The topological polar surface area (TPSA) is 69.7 Å². The van der Waals surface area contributed by atoms with Crippen molar-refractivity contribution in [1.82, 2.24) is 10.2 Å². The second kappa shape index (κ2) is 9.21. The van der Waals surface area contributed by atoms with Gasteiger partial charge in [0.15, 0.2) is 0 Å². The van der Waals surface area contributed by atoms with Gasteiger partial charge in [0, 0.05) is 18.7 Å². The van der Waals surface area contributed by atoms with Gasteiger partial charge in [0.1, 0.15) is 0 Å². The van der Waals surface area contributed by atoms with Crippen LogP contribution in [-0.2, 0) is 16.6 Å². The van der Waals surface area contributed by atoms with E-state index in [2.05, 4.69) is 5.32 Å². The van der Waals surface area contributed by atoms with Gasteiger partial charge >= 0.3 is 0 Å². The molecule has 152 valence electrons. The minimum absolute atomic E-state index is 0.136. The van der Waals surface area contributed by atoms with Crippen molar-refractivity contribution < 1.29 is 13.2 Å². The fraction of sp³-hybridized carbons (Fsp3) is 0.381. The number of aryl methyl sites for hydroxylation is 2. The lowest BCUT2D eigenvalue weighted by Crippen LogP contribution is -2.31. The van der Waals surface area contributed by atoms with Gasteiger partial charge in [-0.2, -0.15) is 0 Å². The van der Waals surface area contributed by atoms with Gasteiger partial charge in [0.25, 0.3) is 5.91 Å². The van der Waals surface area contributed by atoms with Crippen molar-refractivity contribution in [3.63, 3.8) is 0 Å². The number of nitrogens with zero attached hydrogens (tertiary/aromatic N) is 2. The minimum Gasteiger partial charge on any atom is -0.351 e. The first-order valence-electron chi connectivity index (χ1n) is 9.15. The number of hydrogen-bond acceptors (Lipinski definition) is 4. The molecule has 2 aromatic carbocycles. The van der Waals surface area contributed by atoms with E-state index in [0.717, 1.165) is 23.2 Å². The number of carbonyl (C=O) groups is 1. The van der Waals surface area contributed by atoms with Crippen LogP contribution in [0.5, 0.6) is 0 Å². The van der Waals surface area contributed by atoms with E-state index in [-0.39, 0.29) is 12.5 Å². The first-order chi connectivity index (χ1) is 13.1. The third-order valence-electron chi connectivity index (χ3n) is 4.42. The van der Waals surface area contributed by atoms with Gasteiger partial charge in [0.2, 0.25) is 10.0 Å². The Labute approximate surface area is 168 Å². The van der Waals surface area contributed by atoms with Gasteiger partial charge in [-0.05, 0) is 62.8 Å². The zero-order chi connectivity index (χ0) is 20.9. The van der Waals surface area contributed by atoms with Gasteiger partial charge in [0.05, 0.1) is 18.5 Å². The van der Waals surface area contributed by atoms with Gasteiger partial charge < -0.3 is 10.2 Å². The molecule has 0 saturated carbocycles. The van der Waals surface area contributed by atoms with Crippen LogP contribution in [0.3, 0.4) is 0 Å². The molecule has 0 spiro atoms. The lowest BCUT2D eigenvalue weighted by atomic mass is 10.1. The van der Waals surface area contributed by atoms with E-state index in [0.29, 0.717) is 17.8 Å². The number of nitrogens with one attached hydrogen (secondary N) is 1. The third-order valence-corrected chi connectivity index (χ3v) is 5.55. The van der Waals surface area contributed by atoms with E-state index in [1.165, 1.54) is 10.6 Å². The molecule has 2 rings (SSSR count). The summed E-state index contributed by atoms with van der Waals surface area (Å²) in [5.74, 6) is -0.136. The van der Waals surface area contributed by atoms with Crippen LogP contribution >= 0.6 is 0 Å². The Bertz CT molecular complexity index is 922. The summed E-state index contributed by atoms with van der Waals surface area (Å²) in [4.78, 5) is 14.2. The summed E-state index contributed by atoms with van der Waals surface area (Å²) in [6.07, 6.45) is 1.21. The van der Waals surface area contributed by atoms with Crippen molar-refractivity contribution in [2.75, 3.05) is 37.7 Å². The van der Waals surface area contributed by atoms with Gasteiger partial charge in [-0.15, -0.1) is 0 Å². The van der Waals surface area contributed by atoms with Crippen LogP contribution < -0.4 is 9.62 Å². The zero-order valence-corrected chi connectivity index (χ0v) is 18.0. The fourth-order valence-electron chi connectivity index (χ4n) is 2.79. The highest BCUT2D eigenvalue weighted by Crippen LogP contribution is 2.26. The SMILES string of the molecule is Cc1ccc(C)c(N(Cc2ccc(C(=O)NCCN(C)C)cc2)S(C)(=O)=O)c1. The molecule has 0 aliphatic rings. The number of benzene rings is 2. The molecule has 7 heteroatoms. The predicted molar refractivity (Wildman–Crippen MR) is 114 cm³/mol. The van der Waals surface area contributed by atoms with Gasteiger partial charge in [-0.1, -0.05) is 24.3 Å². The highest BCUT2D eigenvalue weighted by atomic mass is 32.2. The molecule has 0 saturated heterocycles. The monoisotopic (exact) mass is 403 g/mol. The Morgan fingerprint density at radius 1 is 1.04 bits per heavy atom. The average Bonchev–Trinajstić information content (AvgIpc) is 2.61. The molecule has 0 atom stereocenters. The van der Waals surface area contributed by atoms with E-state index in [4.69, 9.17) is 0 Å². The molecule has 0 fully saturated rings. The maximum absolute atomic E-state index is 12.4. The van der Waals surface area contributed by atoms with Crippen molar-refractivity contribution in [2.45, 2.75) is 20.4 Å². The van der Waals surface area contributed by atoms with Crippen LogP contribution in [-0.4, -0.2) is 52.7 Å². The molecule has 0 unspecified atom stereocenters. The maximum Gasteiger partial charge on any atom is 0.251 e. The van der Waals surface area contributed by atoms with E-state index in [9.17, 15) is 13.2 Å². The summed E-state index contributed by atoms with van der Waals surface area (Å²) in [6, 6.07) is 12.8. The smallest absolute Gasteiger partial charge is 0.251 e. The van der Waals surface area contributed by atoms with E-state index >= 15 is 0 Å². The number of likely N-dealkylation sites (N-methyl/N-ethyl adjacent to an activating group) is 1. The molecule has 0 aliphatic carbocycles. The largest absolute Gasteiger partial charge is 0.351 e. The van der Waals surface area contributed by atoms with Crippen LogP contribution in [0.2, 0.25) is 0 Å². The molecule has 0 aromatic heterocycles. The molecule has 0 bridgehead atoms. The molecule has 1 N–H and O–H groups in total. The molecular formula is C21H29N3O3S. The minimum atomic E-state index is -3.45. The second-order valence-corrected chi connectivity index (χ2v) is 9.22. The van der Waals surface area contributed by atoms with Crippen molar-refractivity contribution in [3.8, 4) is 0 Å². The van der Waals surface area contributed by atoms with Crippen LogP contribution in [0, 0.1) is 13.8 Å². The first kappa shape index (κ1) is 21.9. The molecular weight excluding hydrogens is 374 g/mol. The Morgan fingerprint density at radius 3 is 2.25 bits per heavy atom. The summed E-state index contributed by atoms with van der Waals surface area (Å²) >= 11 is 0. The molecule has 0 aliphatic heterocycles. The molecule has 2 aromatic rings. The number of hydrogen-bond donors (Lipinski definition) is 1. The lowest BCUT2D eigenvalue weighted by molar-refractivity contribution is 0.0951. The lowest BCUT2D eigenvalue weighted by Gasteiger charge is -2.25. The summed E-state index contributed by atoms with van der Waals surface area (Å²) < 4.78 is 26.2.